The Bertz CT molecular complexity index is 604. The molecule has 1 N–H and O–H groups in total. The number of nitrogens with one attached hydrogen (secondary N) is 1. The second kappa shape index (κ2) is 5.65. The van der Waals surface area contributed by atoms with Gasteiger partial charge in [-0.05, 0) is 24.6 Å². The lowest BCUT2D eigenvalue weighted by Crippen LogP contribution is -2.26. The molecular formula is C14H17N3O2. The Morgan fingerprint density at radius 3 is 2.84 bits per heavy atom. The molecule has 0 unspecified atom stereocenters. The van der Waals surface area contributed by atoms with E-state index in [0.29, 0.717) is 13.0 Å². The van der Waals surface area contributed by atoms with E-state index in [2.05, 4.69) is 9.97 Å². The minimum Gasteiger partial charge on any atom is -0.345 e. The van der Waals surface area contributed by atoms with Gasteiger partial charge in [0.15, 0.2) is 0 Å². The van der Waals surface area contributed by atoms with Crippen LogP contribution in [0.1, 0.15) is 25.3 Å². The van der Waals surface area contributed by atoms with Crippen LogP contribution in [0.5, 0.6) is 0 Å². The van der Waals surface area contributed by atoms with Crippen molar-refractivity contribution in [2.24, 2.45) is 0 Å². The van der Waals surface area contributed by atoms with E-state index >= 15 is 0 Å². The van der Waals surface area contributed by atoms with E-state index in [0.717, 1.165) is 16.6 Å². The number of Topliss-reactive ketones (excluding diaryl/α,β-unsaturated/α-hetero) is 1. The van der Waals surface area contributed by atoms with Gasteiger partial charge in [0.1, 0.15) is 5.78 Å². The second-order valence-corrected chi connectivity index (χ2v) is 4.71. The summed E-state index contributed by atoms with van der Waals surface area (Å²) in [6.45, 7) is 2.03. The fourth-order valence-corrected chi connectivity index (χ4v) is 1.92. The van der Waals surface area contributed by atoms with Gasteiger partial charge in [0.05, 0.1) is 17.4 Å². The van der Waals surface area contributed by atoms with E-state index in [1.807, 2.05) is 18.2 Å². The summed E-state index contributed by atoms with van der Waals surface area (Å²) in [5.41, 5.74) is 2.91. The van der Waals surface area contributed by atoms with Crippen molar-refractivity contribution in [1.29, 1.82) is 0 Å². The highest BCUT2D eigenvalue weighted by Crippen LogP contribution is 2.13. The third kappa shape index (κ3) is 3.40. The number of carbonyl (C=O) groups excluding carboxylic acids is 2. The molecule has 0 aliphatic carbocycles. The van der Waals surface area contributed by atoms with E-state index in [1.54, 1.807) is 18.3 Å². The number of aromatic amines is 1. The van der Waals surface area contributed by atoms with Crippen molar-refractivity contribution in [3.05, 3.63) is 30.1 Å². The Balaban J connectivity index is 1.99. The van der Waals surface area contributed by atoms with E-state index in [1.165, 1.54) is 6.92 Å². The molecular weight excluding hydrogens is 242 g/mol. The Morgan fingerprint density at radius 1 is 1.32 bits per heavy atom. The van der Waals surface area contributed by atoms with Crippen LogP contribution in [0.4, 0.5) is 0 Å². The van der Waals surface area contributed by atoms with Crippen LogP contribution in [0.2, 0.25) is 0 Å². The predicted octanol–water partition coefficient (Wildman–Crippen LogP) is 1.89. The summed E-state index contributed by atoms with van der Waals surface area (Å²) >= 11 is 0. The summed E-state index contributed by atoms with van der Waals surface area (Å²) in [6, 6.07) is 5.87. The molecule has 0 radical (unpaired) electrons. The molecule has 0 spiro atoms. The Morgan fingerprint density at radius 2 is 2.11 bits per heavy atom. The van der Waals surface area contributed by atoms with Gasteiger partial charge in [-0.3, -0.25) is 4.79 Å². The van der Waals surface area contributed by atoms with Crippen LogP contribution in [0.25, 0.3) is 11.0 Å². The molecule has 1 aromatic carbocycles. The maximum absolute atomic E-state index is 11.8. The van der Waals surface area contributed by atoms with Gasteiger partial charge in [-0.25, -0.2) is 4.98 Å². The first-order chi connectivity index (χ1) is 9.06. The van der Waals surface area contributed by atoms with Crippen molar-refractivity contribution < 1.29 is 9.59 Å². The maximum atomic E-state index is 11.8. The number of amides is 1. The monoisotopic (exact) mass is 259 g/mol. The molecule has 2 rings (SSSR count). The van der Waals surface area contributed by atoms with Crippen LogP contribution in [0, 0.1) is 0 Å². The zero-order valence-electron chi connectivity index (χ0n) is 11.1. The number of benzene rings is 1. The highest BCUT2D eigenvalue weighted by atomic mass is 16.2. The molecule has 5 nitrogen and oxygen atoms in total. The molecule has 0 atom stereocenters. The first-order valence-corrected chi connectivity index (χ1v) is 6.21. The van der Waals surface area contributed by atoms with Gasteiger partial charge in [0, 0.05) is 26.4 Å². The van der Waals surface area contributed by atoms with E-state index in [9.17, 15) is 9.59 Å². The molecule has 1 aromatic heterocycles. The minimum absolute atomic E-state index is 0.0140. The van der Waals surface area contributed by atoms with Crippen LogP contribution in [0.3, 0.4) is 0 Å². The van der Waals surface area contributed by atoms with Crippen molar-refractivity contribution in [2.45, 2.75) is 26.3 Å². The van der Waals surface area contributed by atoms with Crippen LogP contribution in [0.15, 0.2) is 24.5 Å². The maximum Gasteiger partial charge on any atom is 0.223 e. The minimum atomic E-state index is -0.0140. The predicted molar refractivity (Wildman–Crippen MR) is 72.5 cm³/mol. The zero-order valence-corrected chi connectivity index (χ0v) is 11.1. The van der Waals surface area contributed by atoms with Crippen molar-refractivity contribution in [3.63, 3.8) is 0 Å². The quantitative estimate of drug-likeness (QED) is 0.891. The third-order valence-corrected chi connectivity index (χ3v) is 3.02. The van der Waals surface area contributed by atoms with Crippen LogP contribution >= 0.6 is 0 Å². The molecule has 100 valence electrons. The van der Waals surface area contributed by atoms with Gasteiger partial charge in [-0.1, -0.05) is 6.07 Å². The number of H-pyrrole nitrogens is 1. The first-order valence-electron chi connectivity index (χ1n) is 6.21. The van der Waals surface area contributed by atoms with Gasteiger partial charge in [-0.15, -0.1) is 0 Å². The summed E-state index contributed by atoms with van der Waals surface area (Å²) in [7, 11) is 1.75. The van der Waals surface area contributed by atoms with Crippen LogP contribution in [-0.2, 0) is 16.1 Å². The molecule has 19 heavy (non-hydrogen) atoms. The van der Waals surface area contributed by atoms with Crippen molar-refractivity contribution in [2.75, 3.05) is 7.05 Å². The van der Waals surface area contributed by atoms with Crippen LogP contribution in [-0.4, -0.2) is 33.6 Å². The normalized spacial score (nSPS) is 10.6. The lowest BCUT2D eigenvalue weighted by Gasteiger charge is -2.17. The lowest BCUT2D eigenvalue weighted by molar-refractivity contribution is -0.132. The van der Waals surface area contributed by atoms with Gasteiger partial charge in [0.2, 0.25) is 5.91 Å². The largest absolute Gasteiger partial charge is 0.345 e. The summed E-state index contributed by atoms with van der Waals surface area (Å²) in [5, 5.41) is 0. The number of carbonyl (C=O) groups is 2. The Hall–Kier alpha value is -2.17. The van der Waals surface area contributed by atoms with E-state index < -0.39 is 0 Å². The molecule has 0 aliphatic heterocycles. The molecule has 2 aromatic rings. The molecule has 0 saturated heterocycles. The fraction of sp³-hybridized carbons (Fsp3) is 0.357. The smallest absolute Gasteiger partial charge is 0.223 e. The third-order valence-electron chi connectivity index (χ3n) is 3.02. The number of aromatic nitrogens is 2. The molecule has 1 heterocycles. The van der Waals surface area contributed by atoms with Crippen molar-refractivity contribution >= 4 is 22.7 Å². The molecule has 5 heteroatoms. The first kappa shape index (κ1) is 13.3. The standard InChI is InChI=1S/C14H17N3O2/c1-10(18)3-6-14(19)17(2)8-11-4-5-12-13(7-11)16-9-15-12/h4-5,7,9H,3,6,8H2,1-2H3,(H,15,16). The van der Waals surface area contributed by atoms with Crippen LogP contribution < -0.4 is 0 Å². The number of hydrogen-bond acceptors (Lipinski definition) is 3. The number of rotatable bonds is 5. The van der Waals surface area contributed by atoms with E-state index in [-0.39, 0.29) is 18.1 Å². The number of nitrogens with zero attached hydrogens (tertiary/aromatic N) is 2. The van der Waals surface area contributed by atoms with Gasteiger partial charge in [-0.2, -0.15) is 0 Å². The average molecular weight is 259 g/mol. The number of ketones is 1. The molecule has 0 saturated carbocycles. The molecule has 0 bridgehead atoms. The highest BCUT2D eigenvalue weighted by Gasteiger charge is 2.10. The SMILES string of the molecule is CC(=O)CCC(=O)N(C)Cc1ccc2nc[nH]c2c1. The van der Waals surface area contributed by atoms with Crippen molar-refractivity contribution in [3.8, 4) is 0 Å². The molecule has 1 amide bonds. The summed E-state index contributed by atoms with van der Waals surface area (Å²) in [4.78, 5) is 31.5. The number of imidazole rings is 1. The number of fused-ring (bicyclic) bond motifs is 1. The summed E-state index contributed by atoms with van der Waals surface area (Å²) in [6.07, 6.45) is 2.23. The topological polar surface area (TPSA) is 66.1 Å². The molecule has 0 aliphatic rings. The van der Waals surface area contributed by atoms with Crippen molar-refractivity contribution in [1.82, 2.24) is 14.9 Å². The number of hydrogen-bond donors (Lipinski definition) is 1. The molecule has 0 fully saturated rings. The van der Waals surface area contributed by atoms with Gasteiger partial charge >= 0.3 is 0 Å². The van der Waals surface area contributed by atoms with Gasteiger partial charge in [0.25, 0.3) is 0 Å². The second-order valence-electron chi connectivity index (χ2n) is 4.71. The van der Waals surface area contributed by atoms with E-state index in [4.69, 9.17) is 0 Å². The fourth-order valence-electron chi connectivity index (χ4n) is 1.92. The summed E-state index contributed by atoms with van der Waals surface area (Å²) in [5.74, 6) is 0.0283. The Labute approximate surface area is 111 Å². The lowest BCUT2D eigenvalue weighted by atomic mass is 10.1. The highest BCUT2D eigenvalue weighted by molar-refractivity contribution is 5.83. The van der Waals surface area contributed by atoms with Gasteiger partial charge < -0.3 is 14.7 Å². The average Bonchev–Trinajstić information content (AvgIpc) is 2.83. The summed E-state index contributed by atoms with van der Waals surface area (Å²) < 4.78 is 0. The Kier molecular flexibility index (Phi) is 3.94. The zero-order chi connectivity index (χ0) is 13.8.